The van der Waals surface area contributed by atoms with Crippen LogP contribution in [0.2, 0.25) is 0 Å². The van der Waals surface area contributed by atoms with Crippen molar-refractivity contribution >= 4 is 139 Å². The minimum Gasteiger partial charge on any atom is -0.109 e. The summed E-state index contributed by atoms with van der Waals surface area (Å²) < 4.78 is -3.76. The van der Waals surface area contributed by atoms with Gasteiger partial charge in [0.05, 0.1) is 20.1 Å². The van der Waals surface area contributed by atoms with E-state index in [2.05, 4.69) is 13.2 Å². The Kier molecular flexibility index (Phi) is 5.15. The van der Waals surface area contributed by atoms with Gasteiger partial charge in [-0.25, -0.2) is 0 Å². The molecular weight excluding hydrogens is 618 g/mol. The van der Waals surface area contributed by atoms with Crippen LogP contribution in [0.3, 0.4) is 0 Å². The first kappa shape index (κ1) is 23.6. The summed E-state index contributed by atoms with van der Waals surface area (Å²) in [6, 6.07) is 0. The van der Waals surface area contributed by atoms with Crippen LogP contribution in [-0.2, 0) is 0 Å². The zero-order chi connectivity index (χ0) is 21.6. The fraction of sp³-hybridized carbons (Fsp3) is 0.500. The minimum absolute atomic E-state index is 0.0299. The van der Waals surface area contributed by atoms with Crippen molar-refractivity contribution in [1.29, 1.82) is 0 Å². The van der Waals surface area contributed by atoms with Gasteiger partial charge >= 0.3 is 0 Å². The number of fused-ring (bicyclic) bond motifs is 4. The molecule has 0 aromatic carbocycles. The molecule has 0 aromatic heterocycles. The molecule has 4 rings (SSSR count). The highest BCUT2D eigenvalue weighted by atomic mass is 35.5. The molecule has 12 heteroatoms. The highest BCUT2D eigenvalue weighted by molar-refractivity contribution is 6.68. The second kappa shape index (κ2) is 6.11. The fourth-order valence-corrected chi connectivity index (χ4v) is 10.5. The van der Waals surface area contributed by atoms with Gasteiger partial charge in [0, 0.05) is 11.8 Å². The SMILES string of the molecule is C=C1C(C2C(=C)C3(Cl)C(Cl)=C(Cl)C2(Cl)C3(Cl)Cl)C2(Cl)C(Cl)=C(Cl)C1(Cl)C2(Cl)Cl. The smallest absolute Gasteiger partial charge is 0.109 e. The summed E-state index contributed by atoms with van der Waals surface area (Å²) in [5, 5.41) is -0.155. The molecule has 154 valence electrons. The molecule has 0 nitrogen and oxygen atoms in total. The predicted molar refractivity (Wildman–Crippen MR) is 126 cm³/mol. The fourth-order valence-electron chi connectivity index (χ4n) is 4.79. The molecule has 0 heterocycles. The second-order valence-electron chi connectivity index (χ2n) is 7.15. The Morgan fingerprint density at radius 3 is 0.964 bits per heavy atom. The van der Waals surface area contributed by atoms with Crippen LogP contribution in [0, 0.1) is 11.8 Å². The van der Waals surface area contributed by atoms with Gasteiger partial charge in [0.25, 0.3) is 0 Å². The maximum atomic E-state index is 6.95. The molecule has 4 bridgehead atoms. The van der Waals surface area contributed by atoms with Gasteiger partial charge in [-0.3, -0.25) is 0 Å². The molecule has 0 radical (unpaired) electrons. The highest BCUT2D eigenvalue weighted by Gasteiger charge is 2.87. The van der Waals surface area contributed by atoms with Crippen LogP contribution in [0.25, 0.3) is 0 Å². The normalized spacial score (nSPS) is 51.1. The van der Waals surface area contributed by atoms with Crippen LogP contribution in [0.15, 0.2) is 44.4 Å². The van der Waals surface area contributed by atoms with Crippen LogP contribution >= 0.6 is 139 Å². The molecule has 6 unspecified atom stereocenters. The van der Waals surface area contributed by atoms with E-state index >= 15 is 0 Å². The van der Waals surface area contributed by atoms with Crippen molar-refractivity contribution in [1.82, 2.24) is 0 Å². The van der Waals surface area contributed by atoms with Crippen LogP contribution in [0.4, 0.5) is 0 Å². The van der Waals surface area contributed by atoms with Crippen molar-refractivity contribution < 1.29 is 0 Å². The molecule has 2 fully saturated rings. The Bertz CT molecular complexity index is 869. The van der Waals surface area contributed by atoms with E-state index in [1.807, 2.05) is 0 Å². The minimum atomic E-state index is -1.88. The largest absolute Gasteiger partial charge is 0.170 e. The average molecular weight is 624 g/mol. The van der Waals surface area contributed by atoms with Gasteiger partial charge in [-0.05, 0) is 11.1 Å². The van der Waals surface area contributed by atoms with Crippen molar-refractivity contribution in [3.8, 4) is 0 Å². The van der Waals surface area contributed by atoms with Gasteiger partial charge in [-0.2, -0.15) is 0 Å². The molecule has 28 heavy (non-hydrogen) atoms. The molecular formula is C16H6Cl12. The second-order valence-corrected chi connectivity index (χ2v) is 13.6. The van der Waals surface area contributed by atoms with Gasteiger partial charge in [0.15, 0.2) is 8.67 Å². The molecule has 4 aliphatic carbocycles. The molecule has 0 N–H and O–H groups in total. The van der Waals surface area contributed by atoms with Crippen LogP contribution in [0.5, 0.6) is 0 Å². The molecule has 0 aliphatic heterocycles. The van der Waals surface area contributed by atoms with E-state index < -0.39 is 40.0 Å². The summed E-state index contributed by atoms with van der Waals surface area (Å²) in [6.45, 7) is 8.08. The highest BCUT2D eigenvalue weighted by Crippen LogP contribution is 2.83. The lowest BCUT2D eigenvalue weighted by atomic mass is 9.70. The number of alkyl halides is 8. The van der Waals surface area contributed by atoms with Crippen molar-refractivity contribution in [2.24, 2.45) is 11.8 Å². The third kappa shape index (κ3) is 1.89. The van der Waals surface area contributed by atoms with E-state index in [9.17, 15) is 0 Å². The lowest BCUT2D eigenvalue weighted by Crippen LogP contribution is -2.51. The number of hydrogen-bond acceptors (Lipinski definition) is 0. The van der Waals surface area contributed by atoms with E-state index in [1.165, 1.54) is 0 Å². The monoisotopic (exact) mass is 618 g/mol. The Labute approximate surface area is 221 Å². The molecule has 0 aromatic rings. The number of allylic oxidation sites excluding steroid dienone is 6. The van der Waals surface area contributed by atoms with Gasteiger partial charge < -0.3 is 0 Å². The molecule has 2 saturated carbocycles. The first-order chi connectivity index (χ1) is 12.4. The summed E-state index contributed by atoms with van der Waals surface area (Å²) in [5.41, 5.74) is 0.513. The summed E-state index contributed by atoms with van der Waals surface area (Å²) in [7, 11) is 0. The first-order valence-corrected chi connectivity index (χ1v) is 12.0. The third-order valence-corrected chi connectivity index (χ3v) is 14.7. The number of hydrogen-bond donors (Lipinski definition) is 0. The van der Waals surface area contributed by atoms with Gasteiger partial charge in [0.1, 0.15) is 19.5 Å². The molecule has 0 amide bonds. The van der Waals surface area contributed by atoms with E-state index in [1.54, 1.807) is 0 Å². The van der Waals surface area contributed by atoms with Crippen molar-refractivity contribution in [2.75, 3.05) is 0 Å². The Hall–Kier alpha value is 2.44. The maximum Gasteiger partial charge on any atom is 0.170 e. The van der Waals surface area contributed by atoms with Crippen LogP contribution < -0.4 is 0 Å². The predicted octanol–water partition coefficient (Wildman–Crippen LogP) is 9.02. The van der Waals surface area contributed by atoms with Crippen LogP contribution in [0.1, 0.15) is 0 Å². The molecule has 6 atom stereocenters. The zero-order valence-electron chi connectivity index (χ0n) is 13.1. The summed E-state index contributed by atoms with van der Waals surface area (Å²) >= 11 is 79.5. The summed E-state index contributed by atoms with van der Waals surface area (Å²) in [6.07, 6.45) is 0. The lowest BCUT2D eigenvalue weighted by molar-refractivity contribution is 0.355. The molecule has 0 spiro atoms. The zero-order valence-corrected chi connectivity index (χ0v) is 22.2. The number of halogens is 12. The number of rotatable bonds is 1. The van der Waals surface area contributed by atoms with Crippen molar-refractivity contribution in [2.45, 2.75) is 28.2 Å². The van der Waals surface area contributed by atoms with E-state index in [-0.39, 0.29) is 31.3 Å². The van der Waals surface area contributed by atoms with E-state index in [4.69, 9.17) is 139 Å². The first-order valence-electron chi connectivity index (χ1n) is 7.46. The topological polar surface area (TPSA) is 0 Å². The maximum absolute atomic E-state index is 6.95. The standard InChI is InChI=1S/C16H6Cl12/c1-3-5(13(23)9(19)7(17)11(3,21)15(13,25)26)6-4(2)12(22)8(18)10(20)14(6,24)16(12,27)28/h5-6H,1-2H2. The van der Waals surface area contributed by atoms with Gasteiger partial charge in [-0.15, -0.1) is 46.4 Å². The van der Waals surface area contributed by atoms with Gasteiger partial charge in [0.2, 0.25) is 0 Å². The Morgan fingerprint density at radius 1 is 0.500 bits per heavy atom. The van der Waals surface area contributed by atoms with Crippen LogP contribution in [-0.4, -0.2) is 28.2 Å². The average Bonchev–Trinajstić information content (AvgIpc) is 2.91. The van der Waals surface area contributed by atoms with Crippen molar-refractivity contribution in [3.05, 3.63) is 44.4 Å². The summed E-state index contributed by atoms with van der Waals surface area (Å²) in [5.74, 6) is -1.84. The lowest BCUT2D eigenvalue weighted by Gasteiger charge is -2.44. The van der Waals surface area contributed by atoms with Gasteiger partial charge in [-0.1, -0.05) is 106 Å². The molecule has 4 aliphatic rings. The molecule has 0 saturated heterocycles. The van der Waals surface area contributed by atoms with E-state index in [0.717, 1.165) is 0 Å². The van der Waals surface area contributed by atoms with Crippen molar-refractivity contribution in [3.63, 3.8) is 0 Å². The van der Waals surface area contributed by atoms with E-state index in [0.29, 0.717) is 0 Å². The quantitative estimate of drug-likeness (QED) is 0.202. The summed E-state index contributed by atoms with van der Waals surface area (Å²) in [4.78, 5) is -6.82. The Balaban J connectivity index is 2.04. The third-order valence-electron chi connectivity index (χ3n) is 6.23. The Morgan fingerprint density at radius 2 is 0.750 bits per heavy atom.